The third-order valence-corrected chi connectivity index (χ3v) is 3.60. The van der Waals surface area contributed by atoms with Gasteiger partial charge in [0, 0.05) is 25.5 Å². The van der Waals surface area contributed by atoms with E-state index < -0.39 is 14.8 Å². The van der Waals surface area contributed by atoms with E-state index in [0.29, 0.717) is 19.4 Å². The molecule has 0 aliphatic heterocycles. The average molecular weight is 288 g/mol. The molecule has 0 atom stereocenters. The topological polar surface area (TPSA) is 110 Å². The molecule has 0 unspecified atom stereocenters. The van der Waals surface area contributed by atoms with Gasteiger partial charge in [-0.3, -0.25) is 10.1 Å². The number of aliphatic hydroxyl groups excluding tert-OH is 1. The lowest BCUT2D eigenvalue weighted by Crippen LogP contribution is -2.06. The number of hydrogen-bond acceptors (Lipinski definition) is 6. The molecule has 1 aromatic carbocycles. The third-order valence-electron chi connectivity index (χ3n) is 2.49. The van der Waals surface area contributed by atoms with Crippen LogP contribution in [0.1, 0.15) is 12.8 Å². The molecule has 0 amide bonds. The lowest BCUT2D eigenvalue weighted by atomic mass is 10.2. The Morgan fingerprint density at radius 1 is 1.37 bits per heavy atom. The van der Waals surface area contributed by atoms with Gasteiger partial charge >= 0.3 is 0 Å². The molecule has 1 aromatic rings. The van der Waals surface area contributed by atoms with Crippen LogP contribution in [0.4, 0.5) is 11.4 Å². The van der Waals surface area contributed by atoms with Gasteiger partial charge in [0.15, 0.2) is 9.84 Å². The summed E-state index contributed by atoms with van der Waals surface area (Å²) in [5, 5.41) is 22.4. The van der Waals surface area contributed by atoms with Crippen LogP contribution >= 0.6 is 0 Å². The van der Waals surface area contributed by atoms with Crippen molar-refractivity contribution in [2.24, 2.45) is 0 Å². The van der Waals surface area contributed by atoms with E-state index >= 15 is 0 Å². The van der Waals surface area contributed by atoms with Crippen molar-refractivity contribution < 1.29 is 18.4 Å². The summed E-state index contributed by atoms with van der Waals surface area (Å²) in [6.07, 6.45) is 2.27. The predicted octanol–water partition coefficient (Wildman–Crippen LogP) is 1.18. The minimum absolute atomic E-state index is 0.0663. The summed E-state index contributed by atoms with van der Waals surface area (Å²) in [7, 11) is -3.47. The fourth-order valence-corrected chi connectivity index (χ4v) is 2.14. The Labute approximate surface area is 111 Å². The highest BCUT2D eigenvalue weighted by molar-refractivity contribution is 7.90. The Bertz CT molecular complexity index is 556. The smallest absolute Gasteiger partial charge is 0.293 e. The molecule has 0 bridgehead atoms. The van der Waals surface area contributed by atoms with E-state index in [4.69, 9.17) is 5.11 Å². The molecular weight excluding hydrogens is 272 g/mol. The first-order chi connectivity index (χ1) is 8.86. The molecule has 0 aliphatic rings. The number of rotatable bonds is 7. The summed E-state index contributed by atoms with van der Waals surface area (Å²) in [6.45, 7) is 0.538. The summed E-state index contributed by atoms with van der Waals surface area (Å²) < 4.78 is 22.7. The maximum absolute atomic E-state index is 11.3. The third kappa shape index (κ3) is 4.49. The highest BCUT2D eigenvalue weighted by Gasteiger charge is 2.18. The second kappa shape index (κ2) is 6.48. The van der Waals surface area contributed by atoms with E-state index in [0.717, 1.165) is 12.3 Å². The van der Waals surface area contributed by atoms with Gasteiger partial charge in [0.1, 0.15) is 5.69 Å². The summed E-state index contributed by atoms with van der Waals surface area (Å²) >= 11 is 0. The van der Waals surface area contributed by atoms with E-state index in [1.165, 1.54) is 12.1 Å². The van der Waals surface area contributed by atoms with Gasteiger partial charge in [0.2, 0.25) is 0 Å². The maximum Gasteiger partial charge on any atom is 0.293 e. The highest BCUT2D eigenvalue weighted by atomic mass is 32.2. The fourth-order valence-electron chi connectivity index (χ4n) is 1.50. The van der Waals surface area contributed by atoms with Gasteiger partial charge in [0.25, 0.3) is 5.69 Å². The number of benzene rings is 1. The van der Waals surface area contributed by atoms with E-state index in [1.54, 1.807) is 0 Å². The summed E-state index contributed by atoms with van der Waals surface area (Å²) in [5.41, 5.74) is 0.00210. The number of nitrogens with zero attached hydrogens (tertiary/aromatic N) is 1. The summed E-state index contributed by atoms with van der Waals surface area (Å²) in [4.78, 5) is 10.2. The Balaban J connectivity index is 2.96. The van der Waals surface area contributed by atoms with Crippen LogP contribution in [0.25, 0.3) is 0 Å². The van der Waals surface area contributed by atoms with Crippen molar-refractivity contribution in [3.05, 3.63) is 28.3 Å². The van der Waals surface area contributed by atoms with Crippen LogP contribution in [0.2, 0.25) is 0 Å². The van der Waals surface area contributed by atoms with E-state index in [2.05, 4.69) is 5.32 Å². The lowest BCUT2D eigenvalue weighted by Gasteiger charge is -2.07. The van der Waals surface area contributed by atoms with E-state index in [-0.39, 0.29) is 22.9 Å². The quantitative estimate of drug-likeness (QED) is 0.443. The monoisotopic (exact) mass is 288 g/mol. The minimum Gasteiger partial charge on any atom is -0.396 e. The summed E-state index contributed by atoms with van der Waals surface area (Å²) in [6, 6.07) is 3.76. The van der Waals surface area contributed by atoms with Crippen molar-refractivity contribution in [3.63, 3.8) is 0 Å². The van der Waals surface area contributed by atoms with E-state index in [9.17, 15) is 18.5 Å². The predicted molar refractivity (Wildman–Crippen MR) is 71.0 cm³/mol. The second-order valence-electron chi connectivity index (χ2n) is 4.07. The molecular formula is C11H16N2O5S. The second-order valence-corrected chi connectivity index (χ2v) is 6.08. The molecule has 0 radical (unpaired) electrons. The van der Waals surface area contributed by atoms with Crippen LogP contribution in [-0.4, -0.2) is 37.9 Å². The number of unbranched alkanes of at least 4 members (excludes halogenated alkanes) is 1. The van der Waals surface area contributed by atoms with E-state index in [1.807, 2.05) is 0 Å². The molecule has 0 saturated carbocycles. The summed E-state index contributed by atoms with van der Waals surface area (Å²) in [5.74, 6) is 0. The fraction of sp³-hybridized carbons (Fsp3) is 0.455. The number of sulfone groups is 1. The molecule has 106 valence electrons. The molecule has 0 fully saturated rings. The number of hydrogen-bond donors (Lipinski definition) is 2. The van der Waals surface area contributed by atoms with Crippen LogP contribution in [-0.2, 0) is 9.84 Å². The number of nitrogens with one attached hydrogen (secondary N) is 1. The number of aliphatic hydroxyl groups is 1. The van der Waals surface area contributed by atoms with Crippen molar-refractivity contribution >= 4 is 21.2 Å². The first kappa shape index (κ1) is 15.4. The molecule has 19 heavy (non-hydrogen) atoms. The zero-order valence-electron chi connectivity index (χ0n) is 10.5. The largest absolute Gasteiger partial charge is 0.396 e. The normalized spacial score (nSPS) is 11.3. The molecule has 0 spiro atoms. The molecule has 2 N–H and O–H groups in total. The minimum atomic E-state index is -3.47. The maximum atomic E-state index is 11.3. The molecule has 7 nitrogen and oxygen atoms in total. The standard InChI is InChI=1S/C11H16N2O5S/c1-19(17,18)9-4-5-10(11(8-9)13(15)16)12-6-2-3-7-14/h4-5,8,12,14H,2-3,6-7H2,1H3. The SMILES string of the molecule is CS(=O)(=O)c1ccc(NCCCCO)c([N+](=O)[O-])c1. The van der Waals surface area contributed by atoms with Gasteiger partial charge < -0.3 is 10.4 Å². The number of anilines is 1. The van der Waals surface area contributed by atoms with Gasteiger partial charge in [-0.1, -0.05) is 0 Å². The molecule has 0 heterocycles. The Hall–Kier alpha value is -1.67. The number of nitro benzene ring substituents is 1. The molecule has 0 saturated heterocycles. The van der Waals surface area contributed by atoms with Gasteiger partial charge in [-0.2, -0.15) is 0 Å². The first-order valence-electron chi connectivity index (χ1n) is 5.69. The highest BCUT2D eigenvalue weighted by Crippen LogP contribution is 2.27. The Morgan fingerprint density at radius 3 is 2.58 bits per heavy atom. The molecule has 0 aliphatic carbocycles. The van der Waals surface area contributed by atoms with Gasteiger partial charge in [-0.15, -0.1) is 0 Å². The average Bonchev–Trinajstić information content (AvgIpc) is 2.33. The molecule has 0 aromatic heterocycles. The number of nitro groups is 1. The van der Waals surface area contributed by atoms with Crippen molar-refractivity contribution in [2.45, 2.75) is 17.7 Å². The van der Waals surface area contributed by atoms with Crippen molar-refractivity contribution in [2.75, 3.05) is 24.7 Å². The van der Waals surface area contributed by atoms with Crippen LogP contribution in [0.3, 0.4) is 0 Å². The zero-order valence-corrected chi connectivity index (χ0v) is 11.3. The molecule has 8 heteroatoms. The lowest BCUT2D eigenvalue weighted by molar-refractivity contribution is -0.384. The van der Waals surface area contributed by atoms with Crippen molar-refractivity contribution in [3.8, 4) is 0 Å². The van der Waals surface area contributed by atoms with Crippen LogP contribution < -0.4 is 5.32 Å². The van der Waals surface area contributed by atoms with Gasteiger partial charge in [0.05, 0.1) is 9.82 Å². The Kier molecular flexibility index (Phi) is 5.25. The Morgan fingerprint density at radius 2 is 2.05 bits per heavy atom. The van der Waals surface area contributed by atoms with Gasteiger partial charge in [-0.25, -0.2) is 8.42 Å². The van der Waals surface area contributed by atoms with Crippen LogP contribution in [0.5, 0.6) is 0 Å². The van der Waals surface area contributed by atoms with Crippen molar-refractivity contribution in [1.29, 1.82) is 0 Å². The molecule has 1 rings (SSSR count). The van der Waals surface area contributed by atoms with Crippen molar-refractivity contribution in [1.82, 2.24) is 0 Å². The first-order valence-corrected chi connectivity index (χ1v) is 7.58. The van der Waals surface area contributed by atoms with Crippen LogP contribution in [0, 0.1) is 10.1 Å². The van der Waals surface area contributed by atoms with Gasteiger partial charge in [-0.05, 0) is 25.0 Å². The van der Waals surface area contributed by atoms with Crippen LogP contribution in [0.15, 0.2) is 23.1 Å². The zero-order chi connectivity index (χ0) is 14.5.